The fourth-order valence-corrected chi connectivity index (χ4v) is 3.26. The number of carbonyl (C=O) groups excluding carboxylic acids is 1. The van der Waals surface area contributed by atoms with E-state index in [1.165, 1.54) is 6.92 Å². The molecule has 0 aliphatic carbocycles. The highest BCUT2D eigenvalue weighted by Gasteiger charge is 2.00. The van der Waals surface area contributed by atoms with E-state index in [1.807, 2.05) is 24.3 Å². The molecule has 0 aromatic heterocycles. The minimum atomic E-state index is -0.320. The Morgan fingerprint density at radius 3 is 1.89 bits per heavy atom. The largest absolute Gasteiger partial charge is 0.508 e. The Hall–Kier alpha value is -1.59. The van der Waals surface area contributed by atoms with Gasteiger partial charge in [0.1, 0.15) is 11.5 Å². The van der Waals surface area contributed by atoms with Crippen molar-refractivity contribution in [3.63, 3.8) is 0 Å². The Balaban J connectivity index is 1.92. The molecule has 0 heterocycles. The first kappa shape index (κ1) is 13.8. The van der Waals surface area contributed by atoms with Gasteiger partial charge in [-0.25, -0.2) is 0 Å². The summed E-state index contributed by atoms with van der Waals surface area (Å²) in [4.78, 5) is 12.9. The van der Waals surface area contributed by atoms with E-state index in [1.54, 1.807) is 45.9 Å². The molecule has 2 aromatic rings. The fourth-order valence-electron chi connectivity index (χ4n) is 1.33. The molecule has 0 amide bonds. The highest BCUT2D eigenvalue weighted by molar-refractivity contribution is 8.76. The first-order valence-electron chi connectivity index (χ1n) is 5.55. The maximum atomic E-state index is 10.8. The van der Waals surface area contributed by atoms with Crippen LogP contribution in [-0.2, 0) is 4.79 Å². The highest BCUT2D eigenvalue weighted by Crippen LogP contribution is 2.38. The minimum absolute atomic E-state index is 0.264. The van der Waals surface area contributed by atoms with Crippen molar-refractivity contribution < 1.29 is 14.6 Å². The first-order chi connectivity index (χ1) is 9.13. The summed E-state index contributed by atoms with van der Waals surface area (Å²) in [5.41, 5.74) is 0. The van der Waals surface area contributed by atoms with E-state index in [0.717, 1.165) is 9.79 Å². The zero-order valence-electron chi connectivity index (χ0n) is 10.2. The summed E-state index contributed by atoms with van der Waals surface area (Å²) in [6, 6.07) is 14.4. The van der Waals surface area contributed by atoms with Crippen LogP contribution in [0.25, 0.3) is 0 Å². The molecule has 0 unspecified atom stereocenters. The van der Waals surface area contributed by atoms with Crippen molar-refractivity contribution in [3.05, 3.63) is 48.5 Å². The zero-order valence-corrected chi connectivity index (χ0v) is 11.8. The third kappa shape index (κ3) is 4.54. The molecule has 1 N–H and O–H groups in total. The van der Waals surface area contributed by atoms with Gasteiger partial charge >= 0.3 is 5.97 Å². The lowest BCUT2D eigenvalue weighted by molar-refractivity contribution is -0.131. The predicted molar refractivity (Wildman–Crippen MR) is 77.6 cm³/mol. The van der Waals surface area contributed by atoms with E-state index in [0.29, 0.717) is 5.75 Å². The number of phenols is 1. The quantitative estimate of drug-likeness (QED) is 0.522. The Kier molecular flexibility index (Phi) is 4.76. The third-order valence-corrected chi connectivity index (χ3v) is 4.57. The minimum Gasteiger partial charge on any atom is -0.508 e. The molecular weight excluding hydrogens is 280 g/mol. The molecule has 0 bridgehead atoms. The number of carbonyl (C=O) groups is 1. The molecule has 0 aliphatic heterocycles. The molecule has 5 heteroatoms. The van der Waals surface area contributed by atoms with Crippen LogP contribution in [0.2, 0.25) is 0 Å². The maximum Gasteiger partial charge on any atom is 0.308 e. The van der Waals surface area contributed by atoms with Crippen LogP contribution >= 0.6 is 21.6 Å². The Bertz CT molecular complexity index is 550. The van der Waals surface area contributed by atoms with Gasteiger partial charge in [-0.15, -0.1) is 0 Å². The predicted octanol–water partition coefficient (Wildman–Crippen LogP) is 4.12. The summed E-state index contributed by atoms with van der Waals surface area (Å²) in [6.45, 7) is 1.38. The Morgan fingerprint density at radius 2 is 1.42 bits per heavy atom. The van der Waals surface area contributed by atoms with Crippen LogP contribution < -0.4 is 4.74 Å². The average molecular weight is 292 g/mol. The number of rotatable bonds is 4. The monoisotopic (exact) mass is 292 g/mol. The molecule has 3 nitrogen and oxygen atoms in total. The number of hydrogen-bond acceptors (Lipinski definition) is 5. The smallest absolute Gasteiger partial charge is 0.308 e. The van der Waals surface area contributed by atoms with Crippen LogP contribution in [0.3, 0.4) is 0 Å². The number of benzene rings is 2. The first-order valence-corrected chi connectivity index (χ1v) is 7.70. The van der Waals surface area contributed by atoms with Crippen molar-refractivity contribution in [1.29, 1.82) is 0 Å². The van der Waals surface area contributed by atoms with Crippen molar-refractivity contribution in [2.75, 3.05) is 0 Å². The maximum absolute atomic E-state index is 10.8. The Morgan fingerprint density at radius 1 is 0.947 bits per heavy atom. The summed E-state index contributed by atoms with van der Waals surface area (Å²) in [7, 11) is 3.20. The summed E-state index contributed by atoms with van der Waals surface area (Å²) in [5, 5.41) is 9.19. The second-order valence-corrected chi connectivity index (χ2v) is 6.00. The van der Waals surface area contributed by atoms with Crippen LogP contribution in [-0.4, -0.2) is 11.1 Å². The number of hydrogen-bond donors (Lipinski definition) is 1. The van der Waals surface area contributed by atoms with Crippen molar-refractivity contribution in [1.82, 2.24) is 0 Å². The molecule has 0 saturated heterocycles. The van der Waals surface area contributed by atoms with E-state index in [4.69, 9.17) is 4.74 Å². The van der Waals surface area contributed by atoms with Crippen molar-refractivity contribution >= 4 is 27.6 Å². The zero-order chi connectivity index (χ0) is 13.7. The molecule has 0 spiro atoms. The molecule has 0 atom stereocenters. The second-order valence-electron chi connectivity index (χ2n) is 3.73. The molecule has 19 heavy (non-hydrogen) atoms. The van der Waals surface area contributed by atoms with Gasteiger partial charge in [0.2, 0.25) is 0 Å². The molecule has 2 rings (SSSR count). The summed E-state index contributed by atoms with van der Waals surface area (Å²) < 4.78 is 4.96. The number of aromatic hydroxyl groups is 1. The summed E-state index contributed by atoms with van der Waals surface area (Å²) in [5.74, 6) is 0.491. The number of phenolic OH excluding ortho intramolecular Hbond substituents is 1. The van der Waals surface area contributed by atoms with Gasteiger partial charge in [-0.05, 0) is 48.5 Å². The van der Waals surface area contributed by atoms with Crippen LogP contribution in [0, 0.1) is 0 Å². The second kappa shape index (κ2) is 6.54. The lowest BCUT2D eigenvalue weighted by Crippen LogP contribution is -2.00. The molecular formula is C14H12O3S2. The standard InChI is InChI=1S/C14H12O3S2/c1-10(15)17-12-4-8-14(9-5-12)19-18-13-6-2-11(16)3-7-13/h2-9,16H,1H3. The molecule has 0 radical (unpaired) electrons. The SMILES string of the molecule is CC(=O)Oc1ccc(SSc2ccc(O)cc2)cc1. The van der Waals surface area contributed by atoms with Crippen LogP contribution in [0.5, 0.6) is 11.5 Å². The fraction of sp³-hybridized carbons (Fsp3) is 0.0714. The third-order valence-electron chi connectivity index (χ3n) is 2.16. The van der Waals surface area contributed by atoms with E-state index in [-0.39, 0.29) is 11.7 Å². The molecule has 0 saturated carbocycles. The van der Waals surface area contributed by atoms with Gasteiger partial charge in [0, 0.05) is 16.7 Å². The topological polar surface area (TPSA) is 46.5 Å². The summed E-state index contributed by atoms with van der Waals surface area (Å²) in [6.07, 6.45) is 0. The van der Waals surface area contributed by atoms with Crippen LogP contribution in [0.15, 0.2) is 58.3 Å². The lowest BCUT2D eigenvalue weighted by Gasteiger charge is -2.03. The summed E-state index contributed by atoms with van der Waals surface area (Å²) >= 11 is 0. The molecule has 0 aliphatic rings. The molecule has 0 fully saturated rings. The van der Waals surface area contributed by atoms with Gasteiger partial charge in [-0.1, -0.05) is 21.6 Å². The van der Waals surface area contributed by atoms with E-state index in [2.05, 4.69) is 0 Å². The van der Waals surface area contributed by atoms with Crippen LogP contribution in [0.4, 0.5) is 0 Å². The van der Waals surface area contributed by atoms with Gasteiger partial charge in [-0.2, -0.15) is 0 Å². The molecule has 98 valence electrons. The van der Waals surface area contributed by atoms with Crippen molar-refractivity contribution in [2.45, 2.75) is 16.7 Å². The van der Waals surface area contributed by atoms with E-state index >= 15 is 0 Å². The van der Waals surface area contributed by atoms with Gasteiger partial charge < -0.3 is 9.84 Å². The van der Waals surface area contributed by atoms with Crippen LogP contribution in [0.1, 0.15) is 6.92 Å². The highest BCUT2D eigenvalue weighted by atomic mass is 33.1. The van der Waals surface area contributed by atoms with Gasteiger partial charge in [0.05, 0.1) is 0 Å². The lowest BCUT2D eigenvalue weighted by atomic mass is 10.3. The average Bonchev–Trinajstić information content (AvgIpc) is 2.39. The van der Waals surface area contributed by atoms with Gasteiger partial charge in [-0.3, -0.25) is 4.79 Å². The number of ether oxygens (including phenoxy) is 1. The van der Waals surface area contributed by atoms with E-state index in [9.17, 15) is 9.90 Å². The van der Waals surface area contributed by atoms with E-state index < -0.39 is 0 Å². The number of esters is 1. The Labute approximate surface area is 119 Å². The van der Waals surface area contributed by atoms with Gasteiger partial charge in [0.25, 0.3) is 0 Å². The van der Waals surface area contributed by atoms with Crippen molar-refractivity contribution in [2.24, 2.45) is 0 Å². The normalized spacial score (nSPS) is 10.2. The van der Waals surface area contributed by atoms with Crippen molar-refractivity contribution in [3.8, 4) is 11.5 Å². The van der Waals surface area contributed by atoms with Gasteiger partial charge in [0.15, 0.2) is 0 Å². The molecule has 2 aromatic carbocycles.